The third kappa shape index (κ3) is 2.58. The fourth-order valence-corrected chi connectivity index (χ4v) is 2.93. The Kier molecular flexibility index (Phi) is 3.80. The first-order valence-corrected chi connectivity index (χ1v) is 7.05. The van der Waals surface area contributed by atoms with Crippen LogP contribution in [0.2, 0.25) is 0 Å². The minimum absolute atomic E-state index is 0.458. The molecule has 2 rings (SSSR count). The fourth-order valence-electron chi connectivity index (χ4n) is 2.93. The molecule has 0 aliphatic carbocycles. The van der Waals surface area contributed by atoms with Gasteiger partial charge < -0.3 is 0 Å². The van der Waals surface area contributed by atoms with Gasteiger partial charge in [-0.3, -0.25) is 0 Å². The van der Waals surface area contributed by atoms with E-state index in [9.17, 15) is 0 Å². The molecule has 0 aliphatic heterocycles. The maximum atomic E-state index is 2.31. The lowest BCUT2D eigenvalue weighted by Crippen LogP contribution is -2.03. The van der Waals surface area contributed by atoms with E-state index in [0.29, 0.717) is 5.92 Å². The summed E-state index contributed by atoms with van der Waals surface area (Å²) in [5.41, 5.74) is 9.87. The third-order valence-corrected chi connectivity index (χ3v) is 4.46. The van der Waals surface area contributed by atoms with Crippen molar-refractivity contribution in [3.63, 3.8) is 0 Å². The van der Waals surface area contributed by atoms with Gasteiger partial charge in [-0.25, -0.2) is 0 Å². The van der Waals surface area contributed by atoms with E-state index in [2.05, 4.69) is 71.9 Å². The van der Waals surface area contributed by atoms with E-state index in [1.165, 1.54) is 38.9 Å². The topological polar surface area (TPSA) is 0 Å². The van der Waals surface area contributed by atoms with E-state index in [1.807, 2.05) is 0 Å². The molecule has 0 fully saturated rings. The summed E-state index contributed by atoms with van der Waals surface area (Å²) in [4.78, 5) is 0. The van der Waals surface area contributed by atoms with Gasteiger partial charge >= 0.3 is 0 Å². The van der Waals surface area contributed by atoms with E-state index in [1.54, 1.807) is 0 Å². The van der Waals surface area contributed by atoms with E-state index in [-0.39, 0.29) is 0 Å². The molecule has 2 aromatic carbocycles. The Hall–Kier alpha value is -1.56. The maximum Gasteiger partial charge on any atom is 0.00663 e. The van der Waals surface area contributed by atoms with Crippen LogP contribution in [-0.4, -0.2) is 0 Å². The van der Waals surface area contributed by atoms with Crippen LogP contribution in [0.15, 0.2) is 30.3 Å². The third-order valence-electron chi connectivity index (χ3n) is 4.46. The van der Waals surface area contributed by atoms with Crippen LogP contribution in [0.1, 0.15) is 51.8 Å². The van der Waals surface area contributed by atoms with Crippen LogP contribution in [0.5, 0.6) is 0 Å². The molecule has 0 nitrogen and oxygen atoms in total. The molecule has 0 aliphatic rings. The van der Waals surface area contributed by atoms with Gasteiger partial charge in [0.05, 0.1) is 0 Å². The Bertz CT molecular complexity index is 606. The molecule has 0 saturated carbocycles. The van der Waals surface area contributed by atoms with Crippen molar-refractivity contribution >= 4 is 0 Å². The molecular weight excluding hydrogens is 228 g/mol. The molecule has 1 atom stereocenters. The predicted octanol–water partition coefficient (Wildman–Crippen LogP) is 5.38. The summed E-state index contributed by atoms with van der Waals surface area (Å²) < 4.78 is 0. The quantitative estimate of drug-likeness (QED) is 0.673. The number of rotatable bonds is 2. The first-order chi connectivity index (χ1) is 8.91. The minimum Gasteiger partial charge on any atom is -0.0590 e. The van der Waals surface area contributed by atoms with Crippen molar-refractivity contribution in [2.24, 2.45) is 0 Å². The van der Waals surface area contributed by atoms with Crippen molar-refractivity contribution in [3.8, 4) is 0 Å². The number of benzene rings is 2. The smallest absolute Gasteiger partial charge is 0.00663 e. The molecular formula is C19H24. The average Bonchev–Trinajstić information content (AvgIpc) is 2.35. The molecule has 1 unspecified atom stereocenters. The maximum absolute atomic E-state index is 2.31. The average molecular weight is 252 g/mol. The van der Waals surface area contributed by atoms with Crippen molar-refractivity contribution in [3.05, 3.63) is 69.3 Å². The monoisotopic (exact) mass is 252 g/mol. The van der Waals surface area contributed by atoms with Crippen LogP contribution in [0, 0.1) is 34.6 Å². The second-order valence-corrected chi connectivity index (χ2v) is 5.80. The Labute approximate surface area is 117 Å². The highest BCUT2D eigenvalue weighted by molar-refractivity contribution is 5.46. The molecule has 0 saturated heterocycles. The van der Waals surface area contributed by atoms with Gasteiger partial charge in [0.25, 0.3) is 0 Å². The Morgan fingerprint density at radius 1 is 0.684 bits per heavy atom. The molecule has 19 heavy (non-hydrogen) atoms. The highest BCUT2D eigenvalue weighted by atomic mass is 14.2. The molecule has 0 bridgehead atoms. The summed E-state index contributed by atoms with van der Waals surface area (Å²) >= 11 is 0. The predicted molar refractivity (Wildman–Crippen MR) is 84.1 cm³/mol. The molecule has 2 aromatic rings. The summed E-state index contributed by atoms with van der Waals surface area (Å²) in [5, 5.41) is 0. The van der Waals surface area contributed by atoms with Crippen molar-refractivity contribution in [1.82, 2.24) is 0 Å². The molecule has 0 heterocycles. The molecule has 100 valence electrons. The second-order valence-electron chi connectivity index (χ2n) is 5.80. The number of hydrogen-bond acceptors (Lipinski definition) is 0. The fraction of sp³-hybridized carbons (Fsp3) is 0.368. The van der Waals surface area contributed by atoms with Crippen LogP contribution >= 0.6 is 0 Å². The lowest BCUT2D eigenvalue weighted by Gasteiger charge is -2.20. The summed E-state index contributed by atoms with van der Waals surface area (Å²) in [5.74, 6) is 0.458. The molecule has 0 spiro atoms. The highest BCUT2D eigenvalue weighted by Crippen LogP contribution is 2.31. The Balaban J connectivity index is 2.50. The zero-order valence-electron chi connectivity index (χ0n) is 13.0. The zero-order chi connectivity index (χ0) is 14.2. The Morgan fingerprint density at radius 2 is 1.32 bits per heavy atom. The van der Waals surface area contributed by atoms with Gasteiger partial charge in [-0.15, -0.1) is 0 Å². The van der Waals surface area contributed by atoms with Crippen LogP contribution in [0.25, 0.3) is 0 Å². The molecule has 0 aromatic heterocycles. The SMILES string of the molecule is Cc1ccc(C(C)c2ccc(C)c(C)c2C)c(C)c1. The summed E-state index contributed by atoms with van der Waals surface area (Å²) in [6, 6.07) is 11.3. The van der Waals surface area contributed by atoms with Crippen molar-refractivity contribution in [2.75, 3.05) is 0 Å². The van der Waals surface area contributed by atoms with Crippen LogP contribution in [0.4, 0.5) is 0 Å². The van der Waals surface area contributed by atoms with E-state index < -0.39 is 0 Å². The highest BCUT2D eigenvalue weighted by Gasteiger charge is 2.14. The van der Waals surface area contributed by atoms with Crippen LogP contribution in [0.3, 0.4) is 0 Å². The summed E-state index contributed by atoms with van der Waals surface area (Å²) in [6.45, 7) is 13.3. The number of hydrogen-bond donors (Lipinski definition) is 0. The molecule has 0 radical (unpaired) electrons. The van der Waals surface area contributed by atoms with E-state index in [4.69, 9.17) is 0 Å². The van der Waals surface area contributed by atoms with E-state index in [0.717, 1.165) is 0 Å². The number of aryl methyl sites for hydroxylation is 3. The van der Waals surface area contributed by atoms with Crippen molar-refractivity contribution < 1.29 is 0 Å². The van der Waals surface area contributed by atoms with Gasteiger partial charge in [0.15, 0.2) is 0 Å². The largest absolute Gasteiger partial charge is 0.0590 e. The zero-order valence-corrected chi connectivity index (χ0v) is 13.0. The van der Waals surface area contributed by atoms with E-state index >= 15 is 0 Å². The molecule has 0 heteroatoms. The van der Waals surface area contributed by atoms with Gasteiger partial charge in [-0.1, -0.05) is 42.8 Å². The second kappa shape index (κ2) is 5.21. The van der Waals surface area contributed by atoms with Crippen molar-refractivity contribution in [1.29, 1.82) is 0 Å². The van der Waals surface area contributed by atoms with Gasteiger partial charge in [0, 0.05) is 5.92 Å². The van der Waals surface area contributed by atoms with Crippen molar-refractivity contribution in [2.45, 2.75) is 47.5 Å². The lowest BCUT2D eigenvalue weighted by atomic mass is 9.85. The van der Waals surface area contributed by atoms with Gasteiger partial charge in [0.1, 0.15) is 0 Å². The molecule has 0 amide bonds. The molecule has 0 N–H and O–H groups in total. The standard InChI is InChI=1S/C19H24/c1-12-7-9-18(14(3)11-12)17(6)19-10-8-13(2)15(4)16(19)5/h7-11,17H,1-6H3. The Morgan fingerprint density at radius 3 is 1.95 bits per heavy atom. The lowest BCUT2D eigenvalue weighted by molar-refractivity contribution is 0.892. The normalized spacial score (nSPS) is 12.5. The summed E-state index contributed by atoms with van der Waals surface area (Å²) in [7, 11) is 0. The first kappa shape index (κ1) is 13.9. The first-order valence-electron chi connectivity index (χ1n) is 7.05. The van der Waals surface area contributed by atoms with Crippen LogP contribution < -0.4 is 0 Å². The van der Waals surface area contributed by atoms with Gasteiger partial charge in [-0.05, 0) is 68.0 Å². The van der Waals surface area contributed by atoms with Crippen LogP contribution in [-0.2, 0) is 0 Å². The minimum atomic E-state index is 0.458. The van der Waals surface area contributed by atoms with Gasteiger partial charge in [-0.2, -0.15) is 0 Å². The summed E-state index contributed by atoms with van der Waals surface area (Å²) in [6.07, 6.45) is 0. The van der Waals surface area contributed by atoms with Gasteiger partial charge in [0.2, 0.25) is 0 Å².